The number of hydrogen-bond acceptors (Lipinski definition) is 5. The number of anilines is 1. The van der Waals surface area contributed by atoms with Gasteiger partial charge in [-0.2, -0.15) is 0 Å². The van der Waals surface area contributed by atoms with Gasteiger partial charge in [0.25, 0.3) is 11.1 Å². The Balaban J connectivity index is 2.20. The van der Waals surface area contributed by atoms with Crippen LogP contribution in [-0.4, -0.2) is 57.0 Å². The third-order valence-electron chi connectivity index (χ3n) is 3.59. The van der Waals surface area contributed by atoms with E-state index in [0.29, 0.717) is 16.1 Å². The third kappa shape index (κ3) is 5.09. The first kappa shape index (κ1) is 20.9. The molecule has 0 aliphatic carbocycles. The van der Waals surface area contributed by atoms with Crippen molar-refractivity contribution in [1.29, 1.82) is 0 Å². The molecule has 0 aliphatic rings. The second-order valence-electron chi connectivity index (χ2n) is 6.02. The predicted molar refractivity (Wildman–Crippen MR) is 107 cm³/mol. The van der Waals surface area contributed by atoms with Gasteiger partial charge in [0.05, 0.1) is 10.6 Å². The molecule has 0 heterocycles. The van der Waals surface area contributed by atoms with Crippen molar-refractivity contribution in [1.82, 2.24) is 9.21 Å². The number of amides is 2. The van der Waals surface area contributed by atoms with Crippen LogP contribution >= 0.6 is 11.8 Å². The van der Waals surface area contributed by atoms with E-state index in [4.69, 9.17) is 0 Å². The molecule has 27 heavy (non-hydrogen) atoms. The molecule has 144 valence electrons. The zero-order chi connectivity index (χ0) is 20.2. The van der Waals surface area contributed by atoms with Crippen LogP contribution in [0.2, 0.25) is 0 Å². The van der Waals surface area contributed by atoms with Crippen molar-refractivity contribution in [2.45, 2.75) is 9.79 Å². The topological polar surface area (TPSA) is 86.8 Å². The normalized spacial score (nSPS) is 11.3. The minimum atomic E-state index is -3.55. The van der Waals surface area contributed by atoms with Gasteiger partial charge in [-0.05, 0) is 48.2 Å². The van der Waals surface area contributed by atoms with Gasteiger partial charge in [-0.1, -0.05) is 12.1 Å². The molecule has 0 unspecified atom stereocenters. The number of benzene rings is 2. The fourth-order valence-corrected chi connectivity index (χ4v) is 3.68. The van der Waals surface area contributed by atoms with Crippen LogP contribution in [0.5, 0.6) is 0 Å². The van der Waals surface area contributed by atoms with E-state index in [0.717, 1.165) is 16.1 Å². The average molecular weight is 408 g/mol. The first-order valence-electron chi connectivity index (χ1n) is 7.95. The van der Waals surface area contributed by atoms with Gasteiger partial charge in [0.2, 0.25) is 10.0 Å². The van der Waals surface area contributed by atoms with Crippen LogP contribution < -0.4 is 5.32 Å². The van der Waals surface area contributed by atoms with Crippen molar-refractivity contribution in [2.24, 2.45) is 0 Å². The van der Waals surface area contributed by atoms with Crippen LogP contribution in [0.1, 0.15) is 10.4 Å². The van der Waals surface area contributed by atoms with E-state index < -0.39 is 15.9 Å². The molecule has 0 aliphatic heterocycles. The van der Waals surface area contributed by atoms with Gasteiger partial charge in [-0.3, -0.25) is 9.59 Å². The molecule has 0 saturated carbocycles. The molecule has 2 amide bonds. The van der Waals surface area contributed by atoms with E-state index in [1.54, 1.807) is 38.4 Å². The van der Waals surface area contributed by atoms with Crippen molar-refractivity contribution in [3.63, 3.8) is 0 Å². The summed E-state index contributed by atoms with van der Waals surface area (Å²) < 4.78 is 25.3. The van der Waals surface area contributed by atoms with E-state index in [1.807, 2.05) is 0 Å². The molecule has 0 aromatic heterocycles. The molecule has 0 fully saturated rings. The standard InChI is InChI=1S/C18H21N3O4S2/c1-20(2)18(23)26-16-8-6-5-7-15(16)19-17(22)13-9-11-14(12-10-13)27(24,25)21(3)4/h5-12H,1-4H3,(H,19,22). The first-order chi connectivity index (χ1) is 12.6. The number of thioether (sulfide) groups is 1. The molecule has 2 rings (SSSR count). The summed E-state index contributed by atoms with van der Waals surface area (Å²) in [5.41, 5.74) is 0.819. The van der Waals surface area contributed by atoms with Gasteiger partial charge in [0.1, 0.15) is 0 Å². The number of hydrogen-bond donors (Lipinski definition) is 1. The van der Waals surface area contributed by atoms with E-state index in [2.05, 4.69) is 5.32 Å². The van der Waals surface area contributed by atoms with Gasteiger partial charge < -0.3 is 10.2 Å². The number of carbonyl (C=O) groups is 2. The molecule has 2 aromatic rings. The zero-order valence-corrected chi connectivity index (χ0v) is 17.1. The second-order valence-corrected chi connectivity index (χ2v) is 9.17. The highest BCUT2D eigenvalue weighted by atomic mass is 32.2. The molecule has 7 nitrogen and oxygen atoms in total. The van der Waals surface area contributed by atoms with Gasteiger partial charge >= 0.3 is 0 Å². The summed E-state index contributed by atoms with van der Waals surface area (Å²) in [6.07, 6.45) is 0. The van der Waals surface area contributed by atoms with Gasteiger partial charge in [-0.25, -0.2) is 12.7 Å². The van der Waals surface area contributed by atoms with Crippen molar-refractivity contribution in [3.8, 4) is 0 Å². The summed E-state index contributed by atoms with van der Waals surface area (Å²) in [6.45, 7) is 0. The SMILES string of the molecule is CN(C)C(=O)Sc1ccccc1NC(=O)c1ccc(S(=O)(=O)N(C)C)cc1. The Bertz CT molecular complexity index is 939. The molecule has 9 heteroatoms. The van der Waals surface area contributed by atoms with Crippen molar-refractivity contribution < 1.29 is 18.0 Å². The summed E-state index contributed by atoms with van der Waals surface area (Å²) >= 11 is 1.01. The number of nitrogens with zero attached hydrogens (tertiary/aromatic N) is 2. The quantitative estimate of drug-likeness (QED) is 0.770. The van der Waals surface area contributed by atoms with E-state index in [-0.39, 0.29) is 10.1 Å². The van der Waals surface area contributed by atoms with Crippen LogP contribution in [0.4, 0.5) is 10.5 Å². The summed E-state index contributed by atoms with van der Waals surface area (Å²) in [6, 6.07) is 12.7. The van der Waals surface area contributed by atoms with Crippen molar-refractivity contribution >= 4 is 38.6 Å². The van der Waals surface area contributed by atoms with Crippen molar-refractivity contribution in [3.05, 3.63) is 54.1 Å². The summed E-state index contributed by atoms with van der Waals surface area (Å²) in [7, 11) is 2.64. The summed E-state index contributed by atoms with van der Waals surface area (Å²) in [5, 5.41) is 2.60. The van der Waals surface area contributed by atoms with Crippen LogP contribution in [0, 0.1) is 0 Å². The lowest BCUT2D eigenvalue weighted by Crippen LogP contribution is -2.22. The largest absolute Gasteiger partial charge is 0.339 e. The van der Waals surface area contributed by atoms with Crippen LogP contribution in [0.25, 0.3) is 0 Å². The average Bonchev–Trinajstić information content (AvgIpc) is 2.63. The molecular weight excluding hydrogens is 386 g/mol. The van der Waals surface area contributed by atoms with Crippen LogP contribution in [0.3, 0.4) is 0 Å². The molecule has 0 atom stereocenters. The molecule has 0 spiro atoms. The minimum Gasteiger partial charge on any atom is -0.339 e. The van der Waals surface area contributed by atoms with Crippen LogP contribution in [-0.2, 0) is 10.0 Å². The monoisotopic (exact) mass is 407 g/mol. The smallest absolute Gasteiger partial charge is 0.286 e. The number of nitrogens with one attached hydrogen (secondary N) is 1. The van der Waals surface area contributed by atoms with E-state index in [1.165, 1.54) is 43.3 Å². The lowest BCUT2D eigenvalue weighted by atomic mass is 10.2. The molecular formula is C18H21N3O4S2. The maximum atomic E-state index is 12.5. The zero-order valence-electron chi connectivity index (χ0n) is 15.5. The molecule has 2 aromatic carbocycles. The molecule has 0 radical (unpaired) electrons. The Morgan fingerprint density at radius 1 is 0.926 bits per heavy atom. The Kier molecular flexibility index (Phi) is 6.63. The van der Waals surface area contributed by atoms with Crippen molar-refractivity contribution in [2.75, 3.05) is 33.5 Å². The highest BCUT2D eigenvalue weighted by molar-refractivity contribution is 8.13. The Labute approximate surface area is 163 Å². The van der Waals surface area contributed by atoms with Gasteiger partial charge in [0, 0.05) is 38.6 Å². The highest BCUT2D eigenvalue weighted by Gasteiger charge is 2.18. The number of sulfonamides is 1. The fraction of sp³-hybridized carbons (Fsp3) is 0.222. The van der Waals surface area contributed by atoms with Crippen LogP contribution in [0.15, 0.2) is 58.3 Å². The predicted octanol–water partition coefficient (Wildman–Crippen LogP) is 2.96. The maximum Gasteiger partial charge on any atom is 0.286 e. The number of carbonyl (C=O) groups excluding carboxylic acids is 2. The summed E-state index contributed by atoms with van der Waals surface area (Å²) in [4.78, 5) is 26.6. The lowest BCUT2D eigenvalue weighted by molar-refractivity contribution is 0.102. The number of rotatable bonds is 5. The minimum absolute atomic E-state index is 0.108. The Hall–Kier alpha value is -2.36. The maximum absolute atomic E-state index is 12.5. The number of para-hydroxylation sites is 1. The van der Waals surface area contributed by atoms with E-state index in [9.17, 15) is 18.0 Å². The molecule has 1 N–H and O–H groups in total. The molecule has 0 bridgehead atoms. The molecule has 0 saturated heterocycles. The lowest BCUT2D eigenvalue weighted by Gasteiger charge is -2.14. The Morgan fingerprint density at radius 3 is 2.07 bits per heavy atom. The third-order valence-corrected chi connectivity index (χ3v) is 6.54. The second kappa shape index (κ2) is 8.55. The van der Waals surface area contributed by atoms with Gasteiger partial charge in [-0.15, -0.1) is 0 Å². The first-order valence-corrected chi connectivity index (χ1v) is 10.2. The van der Waals surface area contributed by atoms with E-state index >= 15 is 0 Å². The fourth-order valence-electron chi connectivity index (χ4n) is 2.03. The summed E-state index contributed by atoms with van der Waals surface area (Å²) in [5.74, 6) is -0.394. The Morgan fingerprint density at radius 2 is 1.52 bits per heavy atom. The highest BCUT2D eigenvalue weighted by Crippen LogP contribution is 2.29. The van der Waals surface area contributed by atoms with Gasteiger partial charge in [0.15, 0.2) is 0 Å².